The summed E-state index contributed by atoms with van der Waals surface area (Å²) < 4.78 is 32.2. The summed E-state index contributed by atoms with van der Waals surface area (Å²) >= 11 is 0. The highest BCUT2D eigenvalue weighted by Gasteiger charge is 2.29. The number of alkyl carbamates (subject to hydrolysis) is 1. The molecule has 0 saturated carbocycles. The van der Waals surface area contributed by atoms with Crippen molar-refractivity contribution < 1.29 is 23.1 Å². The SMILES string of the molecule is CN(CCO)S(=O)(=O)c1ccccc1CNC(=O)OCC1c2ccccc2-c2ccccc21. The van der Waals surface area contributed by atoms with Gasteiger partial charge in [0, 0.05) is 26.1 Å². The van der Waals surface area contributed by atoms with E-state index in [2.05, 4.69) is 17.4 Å². The van der Waals surface area contributed by atoms with E-state index in [0.29, 0.717) is 5.56 Å². The summed E-state index contributed by atoms with van der Waals surface area (Å²) in [5.74, 6) is -0.0528. The molecule has 4 rings (SSSR count). The van der Waals surface area contributed by atoms with Gasteiger partial charge in [0.15, 0.2) is 0 Å². The molecule has 7 nitrogen and oxygen atoms in total. The van der Waals surface area contributed by atoms with Crippen LogP contribution in [0.5, 0.6) is 0 Å². The van der Waals surface area contributed by atoms with E-state index in [1.807, 2.05) is 36.4 Å². The van der Waals surface area contributed by atoms with Gasteiger partial charge in [0.2, 0.25) is 10.0 Å². The number of ether oxygens (including phenoxy) is 1. The van der Waals surface area contributed by atoms with Crippen LogP contribution in [0, 0.1) is 0 Å². The van der Waals surface area contributed by atoms with Crippen LogP contribution in [-0.2, 0) is 21.3 Å². The van der Waals surface area contributed by atoms with Crippen molar-refractivity contribution in [3.63, 3.8) is 0 Å². The number of hydrogen-bond donors (Lipinski definition) is 2. The van der Waals surface area contributed by atoms with Gasteiger partial charge in [-0.2, -0.15) is 4.31 Å². The molecular formula is C25H26N2O5S. The number of nitrogens with one attached hydrogen (secondary N) is 1. The van der Waals surface area contributed by atoms with Gasteiger partial charge in [0.25, 0.3) is 0 Å². The van der Waals surface area contributed by atoms with E-state index < -0.39 is 16.1 Å². The number of carbonyl (C=O) groups excluding carboxylic acids is 1. The van der Waals surface area contributed by atoms with Gasteiger partial charge in [0.05, 0.1) is 11.5 Å². The third kappa shape index (κ3) is 4.64. The minimum atomic E-state index is -3.79. The number of carbonyl (C=O) groups is 1. The van der Waals surface area contributed by atoms with Crippen molar-refractivity contribution in [2.75, 3.05) is 26.8 Å². The van der Waals surface area contributed by atoms with Crippen LogP contribution < -0.4 is 5.32 Å². The van der Waals surface area contributed by atoms with Crippen molar-refractivity contribution in [3.8, 4) is 11.1 Å². The Labute approximate surface area is 193 Å². The molecule has 0 spiro atoms. The predicted octanol–water partition coefficient (Wildman–Crippen LogP) is 3.34. The Morgan fingerprint density at radius 2 is 1.55 bits per heavy atom. The number of nitrogens with zero attached hydrogens (tertiary/aromatic N) is 1. The minimum Gasteiger partial charge on any atom is -0.449 e. The molecule has 0 aromatic heterocycles. The molecule has 2 N–H and O–H groups in total. The second kappa shape index (κ2) is 9.74. The first kappa shape index (κ1) is 23.0. The van der Waals surface area contributed by atoms with E-state index in [0.717, 1.165) is 26.6 Å². The zero-order valence-corrected chi connectivity index (χ0v) is 19.1. The third-order valence-electron chi connectivity index (χ3n) is 5.84. The fourth-order valence-electron chi connectivity index (χ4n) is 4.15. The van der Waals surface area contributed by atoms with Crippen molar-refractivity contribution >= 4 is 16.1 Å². The number of likely N-dealkylation sites (N-methyl/N-ethyl adjacent to an activating group) is 1. The zero-order chi connectivity index (χ0) is 23.4. The van der Waals surface area contributed by atoms with Crippen LogP contribution in [0.1, 0.15) is 22.6 Å². The standard InChI is InChI=1S/C25H26N2O5S/c1-27(14-15-28)33(30,31)24-13-7-2-8-18(24)16-26-25(29)32-17-23-21-11-5-3-9-19(21)20-10-4-6-12-22(20)23/h2-13,23,28H,14-17H2,1H3,(H,26,29). The largest absolute Gasteiger partial charge is 0.449 e. The van der Waals surface area contributed by atoms with E-state index in [-0.39, 0.29) is 37.1 Å². The summed E-state index contributed by atoms with van der Waals surface area (Å²) in [6, 6.07) is 22.6. The van der Waals surface area contributed by atoms with Crippen molar-refractivity contribution in [2.24, 2.45) is 0 Å². The molecule has 0 bridgehead atoms. The Bertz CT molecular complexity index is 1210. The summed E-state index contributed by atoms with van der Waals surface area (Å²) in [6.07, 6.45) is -0.618. The van der Waals surface area contributed by atoms with Gasteiger partial charge >= 0.3 is 6.09 Å². The second-order valence-electron chi connectivity index (χ2n) is 7.84. The van der Waals surface area contributed by atoms with Crippen molar-refractivity contribution in [1.82, 2.24) is 9.62 Å². The lowest BCUT2D eigenvalue weighted by Crippen LogP contribution is -2.31. The predicted molar refractivity (Wildman–Crippen MR) is 125 cm³/mol. The smallest absolute Gasteiger partial charge is 0.407 e. The lowest BCUT2D eigenvalue weighted by atomic mass is 9.98. The van der Waals surface area contributed by atoms with Gasteiger partial charge in [-0.05, 0) is 33.9 Å². The quantitative estimate of drug-likeness (QED) is 0.531. The lowest BCUT2D eigenvalue weighted by molar-refractivity contribution is 0.142. The molecule has 0 fully saturated rings. The highest BCUT2D eigenvalue weighted by Crippen LogP contribution is 2.44. The normalized spacial score (nSPS) is 12.9. The van der Waals surface area contributed by atoms with Crippen LogP contribution in [0.4, 0.5) is 4.79 Å². The van der Waals surface area contributed by atoms with Gasteiger partial charge in [-0.15, -0.1) is 0 Å². The summed E-state index contributed by atoms with van der Waals surface area (Å²) in [7, 11) is -2.39. The number of rotatable bonds is 8. The van der Waals surface area contributed by atoms with Crippen LogP contribution in [0.25, 0.3) is 11.1 Å². The molecule has 0 saturated heterocycles. The van der Waals surface area contributed by atoms with Gasteiger partial charge in [-0.3, -0.25) is 0 Å². The summed E-state index contributed by atoms with van der Waals surface area (Å²) in [6.45, 7) is -0.121. The van der Waals surface area contributed by atoms with E-state index in [1.54, 1.807) is 18.2 Å². The molecule has 172 valence electrons. The Morgan fingerprint density at radius 3 is 2.18 bits per heavy atom. The van der Waals surface area contributed by atoms with Crippen LogP contribution in [0.15, 0.2) is 77.7 Å². The van der Waals surface area contributed by atoms with Crippen LogP contribution in [0.3, 0.4) is 0 Å². The minimum absolute atomic E-state index is 0.000950. The lowest BCUT2D eigenvalue weighted by Gasteiger charge is -2.19. The van der Waals surface area contributed by atoms with Gasteiger partial charge < -0.3 is 15.2 Å². The van der Waals surface area contributed by atoms with Gasteiger partial charge in [0.1, 0.15) is 6.61 Å². The highest BCUT2D eigenvalue weighted by atomic mass is 32.2. The molecule has 3 aromatic rings. The fraction of sp³-hybridized carbons (Fsp3) is 0.240. The fourth-order valence-corrected chi connectivity index (χ4v) is 5.53. The number of benzene rings is 3. The molecule has 1 amide bonds. The topological polar surface area (TPSA) is 95.9 Å². The highest BCUT2D eigenvalue weighted by molar-refractivity contribution is 7.89. The first-order valence-electron chi connectivity index (χ1n) is 10.7. The average Bonchev–Trinajstić information content (AvgIpc) is 3.15. The molecule has 0 heterocycles. The zero-order valence-electron chi connectivity index (χ0n) is 18.3. The summed E-state index contributed by atoms with van der Waals surface area (Å²) in [5, 5.41) is 11.7. The van der Waals surface area contributed by atoms with E-state index >= 15 is 0 Å². The molecule has 33 heavy (non-hydrogen) atoms. The number of hydrogen-bond acceptors (Lipinski definition) is 5. The molecule has 0 atom stereocenters. The van der Waals surface area contributed by atoms with E-state index in [9.17, 15) is 13.2 Å². The Balaban J connectivity index is 1.43. The first-order valence-corrected chi connectivity index (χ1v) is 12.1. The number of aliphatic hydroxyl groups is 1. The van der Waals surface area contributed by atoms with Crippen LogP contribution in [0.2, 0.25) is 0 Å². The third-order valence-corrected chi connectivity index (χ3v) is 7.80. The monoisotopic (exact) mass is 466 g/mol. The Kier molecular flexibility index (Phi) is 6.78. The first-order chi connectivity index (χ1) is 15.9. The maximum atomic E-state index is 12.8. The molecule has 3 aromatic carbocycles. The van der Waals surface area contributed by atoms with Gasteiger partial charge in [-0.25, -0.2) is 13.2 Å². The molecule has 0 radical (unpaired) electrons. The van der Waals surface area contributed by atoms with Crippen molar-refractivity contribution in [2.45, 2.75) is 17.4 Å². The molecular weight excluding hydrogens is 440 g/mol. The Hall–Kier alpha value is -3.20. The number of aliphatic hydroxyl groups excluding tert-OH is 1. The van der Waals surface area contributed by atoms with Crippen LogP contribution >= 0.6 is 0 Å². The molecule has 0 unspecified atom stereocenters. The molecule has 1 aliphatic rings. The number of amides is 1. The summed E-state index contributed by atoms with van der Waals surface area (Å²) in [5.41, 5.74) is 4.97. The number of fused-ring (bicyclic) bond motifs is 3. The summed E-state index contributed by atoms with van der Waals surface area (Å²) in [4.78, 5) is 12.6. The average molecular weight is 467 g/mol. The van der Waals surface area contributed by atoms with Gasteiger partial charge in [-0.1, -0.05) is 66.7 Å². The number of sulfonamides is 1. The maximum Gasteiger partial charge on any atom is 0.407 e. The maximum absolute atomic E-state index is 12.8. The van der Waals surface area contributed by atoms with Crippen molar-refractivity contribution in [1.29, 1.82) is 0 Å². The molecule has 1 aliphatic carbocycles. The van der Waals surface area contributed by atoms with E-state index in [1.165, 1.54) is 13.1 Å². The van der Waals surface area contributed by atoms with Crippen LogP contribution in [-0.4, -0.2) is 50.7 Å². The van der Waals surface area contributed by atoms with E-state index in [4.69, 9.17) is 9.84 Å². The molecule has 0 aliphatic heterocycles. The van der Waals surface area contributed by atoms with Crippen molar-refractivity contribution in [3.05, 3.63) is 89.5 Å². The Morgan fingerprint density at radius 1 is 0.970 bits per heavy atom. The second-order valence-corrected chi connectivity index (χ2v) is 9.85. The molecule has 8 heteroatoms.